The quantitative estimate of drug-likeness (QED) is 0.220. The molecule has 4 rings (SSSR count). The molecule has 2 heterocycles. The van der Waals surface area contributed by atoms with Gasteiger partial charge in [-0.15, -0.1) is 0 Å². The second-order valence-electron chi connectivity index (χ2n) is 9.04. The Morgan fingerprint density at radius 2 is 1.71 bits per heavy atom. The molecule has 0 radical (unpaired) electrons. The van der Waals surface area contributed by atoms with E-state index in [9.17, 15) is 30.5 Å². The summed E-state index contributed by atoms with van der Waals surface area (Å²) in [5.41, 5.74) is 1.76. The number of anilines is 1. The Labute approximate surface area is 220 Å². The number of rotatable bonds is 8. The molecule has 200 valence electrons. The molecule has 0 bridgehead atoms. The molecule has 2 aromatic carbocycles. The van der Waals surface area contributed by atoms with Gasteiger partial charge in [0.15, 0.2) is 6.29 Å². The fraction of sp³-hybridized carbons (Fsp3) is 0.357. The van der Waals surface area contributed by atoms with Gasteiger partial charge in [0.25, 0.3) is 5.91 Å². The van der Waals surface area contributed by atoms with E-state index >= 15 is 0 Å². The topological polar surface area (TPSA) is 159 Å². The number of hydrogen-bond acceptors (Lipinski definition) is 9. The zero-order valence-electron chi connectivity index (χ0n) is 21.1. The molecule has 0 spiro atoms. The fourth-order valence-corrected chi connectivity index (χ4v) is 4.44. The molecule has 1 saturated heterocycles. The van der Waals surface area contributed by atoms with Gasteiger partial charge in [-0.3, -0.25) is 4.79 Å². The van der Waals surface area contributed by atoms with Gasteiger partial charge in [0, 0.05) is 37.0 Å². The molecule has 0 saturated carbocycles. The van der Waals surface area contributed by atoms with Crippen molar-refractivity contribution in [2.75, 3.05) is 24.5 Å². The largest absolute Gasteiger partial charge is 0.457 e. The highest BCUT2D eigenvalue weighted by molar-refractivity contribution is 6.01. The smallest absolute Gasteiger partial charge is 0.262 e. The van der Waals surface area contributed by atoms with E-state index in [4.69, 9.17) is 9.15 Å². The third-order valence-corrected chi connectivity index (χ3v) is 6.67. The Kier molecular flexibility index (Phi) is 8.46. The predicted octanol–water partition coefficient (Wildman–Crippen LogP) is 1.77. The molecule has 5 N–H and O–H groups in total. The molecular weight excluding hydrogens is 490 g/mol. The second-order valence-corrected chi connectivity index (χ2v) is 9.04. The lowest BCUT2D eigenvalue weighted by Gasteiger charge is -2.38. The lowest BCUT2D eigenvalue weighted by molar-refractivity contribution is -0.280. The van der Waals surface area contributed by atoms with Gasteiger partial charge in [0.2, 0.25) is 0 Å². The number of carbonyl (C=O) groups is 1. The molecule has 1 aromatic heterocycles. The van der Waals surface area contributed by atoms with E-state index in [1.165, 1.54) is 6.08 Å². The molecule has 1 amide bonds. The standard InChI is InChI=1S/C28H31N3O7/c1-3-31(4-2)20-8-7-16-11-18(6-5-17(16)12-20)22-10-9-21(37-22)13-19(14-29)27(35)30-15-23-24(32)25(33)26(34)28(36)38-23/h5-13,23-26,28,32-34,36H,3-4,15H2,1-2H3,(H,30,35)/b19-13+/t23-,24-,25+,26-,28?/m1/s1. The van der Waals surface area contributed by atoms with E-state index < -0.39 is 36.6 Å². The van der Waals surface area contributed by atoms with Gasteiger partial charge in [-0.05, 0) is 55.0 Å². The van der Waals surface area contributed by atoms with Crippen LogP contribution in [0.3, 0.4) is 0 Å². The first-order valence-corrected chi connectivity index (χ1v) is 12.4. The zero-order valence-corrected chi connectivity index (χ0v) is 21.1. The van der Waals surface area contributed by atoms with E-state index in [1.807, 2.05) is 24.3 Å². The van der Waals surface area contributed by atoms with Gasteiger partial charge < -0.3 is 39.8 Å². The number of amides is 1. The van der Waals surface area contributed by atoms with E-state index in [0.717, 1.165) is 35.1 Å². The van der Waals surface area contributed by atoms with Crippen molar-refractivity contribution >= 4 is 28.4 Å². The minimum absolute atomic E-state index is 0.250. The van der Waals surface area contributed by atoms with Crippen LogP contribution in [0.5, 0.6) is 0 Å². The number of aliphatic hydroxyl groups is 4. The zero-order chi connectivity index (χ0) is 27.4. The number of carbonyl (C=O) groups excluding carboxylic acids is 1. The maximum atomic E-state index is 12.5. The van der Waals surface area contributed by atoms with Crippen molar-refractivity contribution in [3.8, 4) is 17.4 Å². The van der Waals surface area contributed by atoms with E-state index in [-0.39, 0.29) is 12.1 Å². The third-order valence-electron chi connectivity index (χ3n) is 6.67. The molecule has 1 unspecified atom stereocenters. The molecule has 5 atom stereocenters. The summed E-state index contributed by atoms with van der Waals surface area (Å²) in [4.78, 5) is 14.8. The summed E-state index contributed by atoms with van der Waals surface area (Å²) in [7, 11) is 0. The first-order valence-electron chi connectivity index (χ1n) is 12.4. The van der Waals surface area contributed by atoms with Crippen molar-refractivity contribution in [1.29, 1.82) is 5.26 Å². The van der Waals surface area contributed by atoms with Crippen LogP contribution in [-0.4, -0.2) is 76.7 Å². The van der Waals surface area contributed by atoms with Gasteiger partial charge in [-0.25, -0.2) is 0 Å². The van der Waals surface area contributed by atoms with Crippen molar-refractivity contribution in [3.63, 3.8) is 0 Å². The highest BCUT2D eigenvalue weighted by atomic mass is 16.6. The van der Waals surface area contributed by atoms with Gasteiger partial charge >= 0.3 is 0 Å². The first-order chi connectivity index (χ1) is 18.2. The van der Waals surface area contributed by atoms with Crippen LogP contribution in [0.2, 0.25) is 0 Å². The van der Waals surface area contributed by atoms with Gasteiger partial charge in [-0.1, -0.05) is 18.2 Å². The molecule has 1 aliphatic heterocycles. The normalized spacial score (nSPS) is 23.7. The monoisotopic (exact) mass is 521 g/mol. The fourth-order valence-electron chi connectivity index (χ4n) is 4.44. The maximum Gasteiger partial charge on any atom is 0.262 e. The van der Waals surface area contributed by atoms with Crippen molar-refractivity contribution in [2.24, 2.45) is 0 Å². The number of nitrogens with one attached hydrogen (secondary N) is 1. The molecule has 1 fully saturated rings. The van der Waals surface area contributed by atoms with Crippen LogP contribution >= 0.6 is 0 Å². The van der Waals surface area contributed by atoms with Gasteiger partial charge in [0.05, 0.1) is 0 Å². The van der Waals surface area contributed by atoms with E-state index in [2.05, 4.69) is 42.3 Å². The average Bonchev–Trinajstić information content (AvgIpc) is 3.40. The lowest BCUT2D eigenvalue weighted by atomic mass is 9.99. The van der Waals surface area contributed by atoms with Crippen molar-refractivity contribution in [1.82, 2.24) is 5.32 Å². The van der Waals surface area contributed by atoms with Crippen LogP contribution in [-0.2, 0) is 9.53 Å². The van der Waals surface area contributed by atoms with E-state index in [1.54, 1.807) is 12.1 Å². The van der Waals surface area contributed by atoms with E-state index in [0.29, 0.717) is 11.5 Å². The van der Waals surface area contributed by atoms with Crippen molar-refractivity contribution in [2.45, 2.75) is 44.6 Å². The summed E-state index contributed by atoms with van der Waals surface area (Å²) in [6.45, 7) is 5.80. The summed E-state index contributed by atoms with van der Waals surface area (Å²) in [5.74, 6) is 0.113. The lowest BCUT2D eigenvalue weighted by Crippen LogP contribution is -2.60. The molecule has 10 nitrogen and oxygen atoms in total. The summed E-state index contributed by atoms with van der Waals surface area (Å²) in [6.07, 6.45) is -6.47. The number of nitrogens with zero attached hydrogens (tertiary/aromatic N) is 2. The molecule has 38 heavy (non-hydrogen) atoms. The van der Waals surface area contributed by atoms with Crippen LogP contribution in [0.1, 0.15) is 19.6 Å². The Morgan fingerprint density at radius 3 is 2.42 bits per heavy atom. The Hall–Kier alpha value is -3.72. The molecule has 3 aromatic rings. The van der Waals surface area contributed by atoms with Crippen LogP contribution in [0.15, 0.2) is 58.5 Å². The highest BCUT2D eigenvalue weighted by Crippen LogP contribution is 2.29. The molecule has 10 heteroatoms. The summed E-state index contributed by atoms with van der Waals surface area (Å²) in [5, 5.41) is 53.0. The van der Waals surface area contributed by atoms with Gasteiger partial charge in [0.1, 0.15) is 47.6 Å². The minimum atomic E-state index is -1.72. The van der Waals surface area contributed by atoms with Crippen molar-refractivity contribution < 1.29 is 34.4 Å². The second kappa shape index (κ2) is 11.8. The van der Waals surface area contributed by atoms with Crippen LogP contribution in [0.25, 0.3) is 28.2 Å². The number of benzene rings is 2. The summed E-state index contributed by atoms with van der Waals surface area (Å²) in [6, 6.07) is 17.5. The Balaban J connectivity index is 1.45. The first kappa shape index (κ1) is 27.3. The Bertz CT molecular complexity index is 1360. The molecular formula is C28H31N3O7. The molecule has 0 aliphatic carbocycles. The van der Waals surface area contributed by atoms with Gasteiger partial charge in [-0.2, -0.15) is 5.26 Å². The molecule has 1 aliphatic rings. The van der Waals surface area contributed by atoms with Crippen LogP contribution in [0, 0.1) is 11.3 Å². The predicted molar refractivity (Wildman–Crippen MR) is 141 cm³/mol. The number of ether oxygens (including phenoxy) is 1. The Morgan fingerprint density at radius 1 is 1.00 bits per heavy atom. The third kappa shape index (κ3) is 5.72. The number of furan rings is 1. The van der Waals surface area contributed by atoms with Crippen molar-refractivity contribution in [3.05, 3.63) is 59.9 Å². The van der Waals surface area contributed by atoms with Crippen LogP contribution < -0.4 is 10.2 Å². The summed E-state index contributed by atoms with van der Waals surface area (Å²) >= 11 is 0. The summed E-state index contributed by atoms with van der Waals surface area (Å²) < 4.78 is 10.9. The number of hydrogen-bond donors (Lipinski definition) is 5. The SMILES string of the molecule is CCN(CC)c1ccc2cc(-c3ccc(/C=C(\C#N)C(=O)NC[C@H]4OC(O)[C@H](O)[C@@H](O)[C@@H]4O)o3)ccc2c1. The average molecular weight is 522 g/mol. The highest BCUT2D eigenvalue weighted by Gasteiger charge is 2.43. The minimum Gasteiger partial charge on any atom is -0.457 e. The number of aliphatic hydroxyl groups excluding tert-OH is 4. The number of nitriles is 1. The van der Waals surface area contributed by atoms with Crippen LogP contribution in [0.4, 0.5) is 5.69 Å². The number of fused-ring (bicyclic) bond motifs is 1. The maximum absolute atomic E-state index is 12.5.